The van der Waals surface area contributed by atoms with Gasteiger partial charge in [0.1, 0.15) is 0 Å². The molecule has 6 nitrogen and oxygen atoms in total. The van der Waals surface area contributed by atoms with Crippen LogP contribution in [0, 0.1) is 0 Å². The average Bonchev–Trinajstić information content (AvgIpc) is 3.15. The maximum absolute atomic E-state index is 12.2. The molecule has 1 aromatic carbocycles. The second kappa shape index (κ2) is 7.40. The fourth-order valence-electron chi connectivity index (χ4n) is 2.56. The predicted octanol–water partition coefficient (Wildman–Crippen LogP) is 2.60. The number of benzene rings is 1. The van der Waals surface area contributed by atoms with Crippen molar-refractivity contribution in [1.29, 1.82) is 0 Å². The van der Waals surface area contributed by atoms with Crippen LogP contribution < -0.4 is 5.32 Å². The number of piperazine rings is 1. The Kier molecular flexibility index (Phi) is 5.05. The summed E-state index contributed by atoms with van der Waals surface area (Å²) in [7, 11) is 0. The summed E-state index contributed by atoms with van der Waals surface area (Å²) in [5.74, 6) is 0.192. The number of nitrogens with zero attached hydrogens (tertiary/aromatic N) is 2. The molecule has 1 aliphatic heterocycles. The maximum Gasteiger partial charge on any atom is 0.317 e. The molecule has 0 spiro atoms. The second-order valence-corrected chi connectivity index (χ2v) is 5.98. The Hall–Kier alpha value is -2.47. The lowest BCUT2D eigenvalue weighted by atomic mass is 10.2. The van der Waals surface area contributed by atoms with Gasteiger partial charge in [-0.15, -0.1) is 0 Å². The van der Waals surface area contributed by atoms with E-state index >= 15 is 0 Å². The van der Waals surface area contributed by atoms with Gasteiger partial charge in [0, 0.05) is 37.7 Å². The predicted molar refractivity (Wildman–Crippen MR) is 89.9 cm³/mol. The highest BCUT2D eigenvalue weighted by atomic mass is 35.5. The first kappa shape index (κ1) is 16.4. The quantitative estimate of drug-likeness (QED) is 0.928. The standard InChI is InChI=1S/C17H18ClN3O3/c18-14-5-3-13(4-6-14)12-19-17(23)21-9-7-20(8-10-21)16(22)15-2-1-11-24-15/h1-6,11H,7-10,12H2,(H,19,23). The van der Waals surface area contributed by atoms with E-state index in [-0.39, 0.29) is 11.9 Å². The van der Waals surface area contributed by atoms with Gasteiger partial charge in [-0.05, 0) is 29.8 Å². The summed E-state index contributed by atoms with van der Waals surface area (Å²) in [6, 6.07) is 10.5. The molecule has 0 bridgehead atoms. The highest BCUT2D eigenvalue weighted by molar-refractivity contribution is 6.30. The first-order valence-electron chi connectivity index (χ1n) is 7.73. The molecule has 24 heavy (non-hydrogen) atoms. The van der Waals surface area contributed by atoms with E-state index in [2.05, 4.69) is 5.32 Å². The molecule has 1 saturated heterocycles. The number of carbonyl (C=O) groups is 2. The Morgan fingerprint density at radius 1 is 1.04 bits per heavy atom. The minimum Gasteiger partial charge on any atom is -0.459 e. The van der Waals surface area contributed by atoms with Gasteiger partial charge in [-0.2, -0.15) is 0 Å². The Labute approximate surface area is 145 Å². The monoisotopic (exact) mass is 347 g/mol. The summed E-state index contributed by atoms with van der Waals surface area (Å²) < 4.78 is 5.13. The Bertz CT molecular complexity index is 692. The summed E-state index contributed by atoms with van der Waals surface area (Å²) in [5, 5.41) is 3.55. The summed E-state index contributed by atoms with van der Waals surface area (Å²) in [6.07, 6.45) is 1.48. The Morgan fingerprint density at radius 2 is 1.71 bits per heavy atom. The molecule has 0 aliphatic carbocycles. The van der Waals surface area contributed by atoms with E-state index in [9.17, 15) is 9.59 Å². The maximum atomic E-state index is 12.2. The van der Waals surface area contributed by atoms with Gasteiger partial charge >= 0.3 is 6.03 Å². The third-order valence-electron chi connectivity index (χ3n) is 3.94. The van der Waals surface area contributed by atoms with E-state index in [1.165, 1.54) is 6.26 Å². The third kappa shape index (κ3) is 3.89. The van der Waals surface area contributed by atoms with Crippen LogP contribution in [-0.2, 0) is 6.54 Å². The van der Waals surface area contributed by atoms with Crippen LogP contribution in [0.5, 0.6) is 0 Å². The van der Waals surface area contributed by atoms with Gasteiger partial charge in [0.25, 0.3) is 5.91 Å². The van der Waals surface area contributed by atoms with Gasteiger partial charge in [0.15, 0.2) is 5.76 Å². The number of halogens is 1. The number of rotatable bonds is 3. The molecule has 0 atom stereocenters. The first-order valence-corrected chi connectivity index (χ1v) is 8.11. The van der Waals surface area contributed by atoms with Crippen molar-refractivity contribution >= 4 is 23.5 Å². The lowest BCUT2D eigenvalue weighted by Gasteiger charge is -2.34. The SMILES string of the molecule is O=C(NCc1ccc(Cl)cc1)N1CCN(C(=O)c2ccco2)CC1. The highest BCUT2D eigenvalue weighted by Crippen LogP contribution is 2.11. The second-order valence-electron chi connectivity index (χ2n) is 5.54. The normalized spacial score (nSPS) is 14.5. The number of furan rings is 1. The zero-order valence-corrected chi connectivity index (χ0v) is 13.8. The van der Waals surface area contributed by atoms with Crippen LogP contribution in [-0.4, -0.2) is 47.9 Å². The number of carbonyl (C=O) groups excluding carboxylic acids is 2. The van der Waals surface area contributed by atoms with Crippen LogP contribution in [0.2, 0.25) is 5.02 Å². The molecule has 2 heterocycles. The molecule has 3 rings (SSSR count). The van der Waals surface area contributed by atoms with Crippen molar-refractivity contribution in [2.24, 2.45) is 0 Å². The molecule has 1 N–H and O–H groups in total. The van der Waals surface area contributed by atoms with Crippen LogP contribution >= 0.6 is 11.6 Å². The Balaban J connectivity index is 1.46. The third-order valence-corrected chi connectivity index (χ3v) is 4.20. The fourth-order valence-corrected chi connectivity index (χ4v) is 2.69. The number of amides is 3. The van der Waals surface area contributed by atoms with Crippen molar-refractivity contribution in [3.63, 3.8) is 0 Å². The summed E-state index contributed by atoms with van der Waals surface area (Å²) in [4.78, 5) is 27.8. The molecular formula is C17H18ClN3O3. The van der Waals surface area contributed by atoms with Crippen LogP contribution in [0.4, 0.5) is 4.79 Å². The van der Waals surface area contributed by atoms with Crippen molar-refractivity contribution < 1.29 is 14.0 Å². The minimum absolute atomic E-state index is 0.130. The molecule has 2 aromatic rings. The largest absolute Gasteiger partial charge is 0.459 e. The molecule has 7 heteroatoms. The van der Waals surface area contributed by atoms with Crippen molar-refractivity contribution in [2.75, 3.05) is 26.2 Å². The van der Waals surface area contributed by atoms with Crippen LogP contribution in [0.25, 0.3) is 0 Å². The minimum atomic E-state index is -0.138. The molecule has 1 aromatic heterocycles. The molecule has 3 amide bonds. The zero-order valence-electron chi connectivity index (χ0n) is 13.1. The molecule has 126 valence electrons. The zero-order chi connectivity index (χ0) is 16.9. The lowest BCUT2D eigenvalue weighted by Crippen LogP contribution is -2.53. The number of hydrogen-bond acceptors (Lipinski definition) is 3. The summed E-state index contributed by atoms with van der Waals surface area (Å²) >= 11 is 5.84. The van der Waals surface area contributed by atoms with Gasteiger partial charge < -0.3 is 19.5 Å². The fraction of sp³-hybridized carbons (Fsp3) is 0.294. The average molecular weight is 348 g/mol. The summed E-state index contributed by atoms with van der Waals surface area (Å²) in [5.41, 5.74) is 0.986. The molecular weight excluding hydrogens is 330 g/mol. The highest BCUT2D eigenvalue weighted by Gasteiger charge is 2.25. The molecule has 0 saturated carbocycles. The van der Waals surface area contributed by atoms with E-state index in [4.69, 9.17) is 16.0 Å². The van der Waals surface area contributed by atoms with E-state index in [0.717, 1.165) is 5.56 Å². The van der Waals surface area contributed by atoms with Gasteiger partial charge in [-0.25, -0.2) is 4.79 Å². The number of urea groups is 1. The van der Waals surface area contributed by atoms with E-state index in [1.807, 2.05) is 12.1 Å². The summed E-state index contributed by atoms with van der Waals surface area (Å²) in [6.45, 7) is 2.43. The molecule has 1 fully saturated rings. The van der Waals surface area contributed by atoms with Gasteiger partial charge in [-0.3, -0.25) is 4.79 Å². The van der Waals surface area contributed by atoms with Crippen molar-refractivity contribution in [1.82, 2.24) is 15.1 Å². The first-order chi connectivity index (χ1) is 11.6. The number of hydrogen-bond donors (Lipinski definition) is 1. The number of nitrogens with one attached hydrogen (secondary N) is 1. The van der Waals surface area contributed by atoms with Gasteiger partial charge in [-0.1, -0.05) is 23.7 Å². The van der Waals surface area contributed by atoms with Crippen LogP contribution in [0.15, 0.2) is 47.1 Å². The lowest BCUT2D eigenvalue weighted by molar-refractivity contribution is 0.0634. The van der Waals surface area contributed by atoms with E-state index in [0.29, 0.717) is 43.5 Å². The van der Waals surface area contributed by atoms with Gasteiger partial charge in [0.2, 0.25) is 0 Å². The van der Waals surface area contributed by atoms with E-state index in [1.54, 1.807) is 34.1 Å². The molecule has 1 aliphatic rings. The van der Waals surface area contributed by atoms with Crippen LogP contribution in [0.1, 0.15) is 16.1 Å². The van der Waals surface area contributed by atoms with Crippen molar-refractivity contribution in [2.45, 2.75) is 6.54 Å². The Morgan fingerprint density at radius 3 is 2.33 bits per heavy atom. The topological polar surface area (TPSA) is 65.8 Å². The van der Waals surface area contributed by atoms with Crippen molar-refractivity contribution in [3.8, 4) is 0 Å². The van der Waals surface area contributed by atoms with E-state index < -0.39 is 0 Å². The smallest absolute Gasteiger partial charge is 0.317 e. The van der Waals surface area contributed by atoms with Crippen molar-refractivity contribution in [3.05, 3.63) is 59.0 Å². The van der Waals surface area contributed by atoms with Crippen LogP contribution in [0.3, 0.4) is 0 Å². The van der Waals surface area contributed by atoms with Gasteiger partial charge in [0.05, 0.1) is 6.26 Å². The molecule has 0 unspecified atom stereocenters. The molecule has 0 radical (unpaired) electrons.